The molecule has 0 radical (unpaired) electrons. The summed E-state index contributed by atoms with van der Waals surface area (Å²) in [4.78, 5) is 34.2. The lowest BCUT2D eigenvalue weighted by molar-refractivity contribution is -0.160. The van der Waals surface area contributed by atoms with Crippen LogP contribution in [0.25, 0.3) is 0 Å². The van der Waals surface area contributed by atoms with Gasteiger partial charge < -0.3 is 15.3 Å². The van der Waals surface area contributed by atoms with E-state index in [0.717, 1.165) is 4.90 Å². The SMILES string of the molecule is CC(C)(C(=O)O)N1CC(=O)NCC1=O. The molecule has 2 amide bonds. The van der Waals surface area contributed by atoms with Gasteiger partial charge in [0, 0.05) is 0 Å². The van der Waals surface area contributed by atoms with Gasteiger partial charge >= 0.3 is 5.97 Å². The summed E-state index contributed by atoms with van der Waals surface area (Å²) in [7, 11) is 0. The number of nitrogens with zero attached hydrogens (tertiary/aromatic N) is 1. The normalized spacial score (nSPS) is 18.0. The zero-order chi connectivity index (χ0) is 10.9. The Kier molecular flexibility index (Phi) is 2.46. The van der Waals surface area contributed by atoms with Crippen LogP contribution in [-0.2, 0) is 14.4 Å². The van der Waals surface area contributed by atoms with E-state index in [1.54, 1.807) is 0 Å². The van der Waals surface area contributed by atoms with Gasteiger partial charge in [0.05, 0.1) is 6.54 Å². The predicted molar refractivity (Wildman–Crippen MR) is 46.4 cm³/mol. The quantitative estimate of drug-likeness (QED) is 0.586. The van der Waals surface area contributed by atoms with Gasteiger partial charge in [-0.25, -0.2) is 4.79 Å². The van der Waals surface area contributed by atoms with Gasteiger partial charge in [-0.3, -0.25) is 9.59 Å². The summed E-state index contributed by atoms with van der Waals surface area (Å²) in [5.74, 6) is -1.84. The van der Waals surface area contributed by atoms with Crippen LogP contribution in [0.15, 0.2) is 0 Å². The van der Waals surface area contributed by atoms with Gasteiger partial charge in [0.1, 0.15) is 12.1 Å². The van der Waals surface area contributed by atoms with Crippen molar-refractivity contribution < 1.29 is 19.5 Å². The van der Waals surface area contributed by atoms with E-state index >= 15 is 0 Å². The van der Waals surface area contributed by atoms with Crippen LogP contribution in [0.5, 0.6) is 0 Å². The molecule has 1 heterocycles. The molecule has 6 heteroatoms. The van der Waals surface area contributed by atoms with Gasteiger partial charge in [-0.05, 0) is 13.8 Å². The summed E-state index contributed by atoms with van der Waals surface area (Å²) in [6.45, 7) is 2.46. The van der Waals surface area contributed by atoms with E-state index in [-0.39, 0.29) is 24.9 Å². The Morgan fingerprint density at radius 1 is 1.50 bits per heavy atom. The van der Waals surface area contributed by atoms with Gasteiger partial charge in [-0.2, -0.15) is 0 Å². The van der Waals surface area contributed by atoms with Crippen molar-refractivity contribution in [3.05, 3.63) is 0 Å². The third-order valence-corrected chi connectivity index (χ3v) is 2.24. The second-order valence-corrected chi connectivity index (χ2v) is 3.62. The molecule has 0 bridgehead atoms. The molecule has 2 N–H and O–H groups in total. The van der Waals surface area contributed by atoms with Crippen LogP contribution in [0.3, 0.4) is 0 Å². The molecule has 0 spiro atoms. The Labute approximate surface area is 80.9 Å². The zero-order valence-corrected chi connectivity index (χ0v) is 8.03. The maximum absolute atomic E-state index is 11.3. The van der Waals surface area contributed by atoms with Crippen molar-refractivity contribution in [3.8, 4) is 0 Å². The summed E-state index contributed by atoms with van der Waals surface area (Å²) in [6, 6.07) is 0. The molecule has 6 nitrogen and oxygen atoms in total. The van der Waals surface area contributed by atoms with Crippen LogP contribution in [-0.4, -0.2) is 46.4 Å². The highest BCUT2D eigenvalue weighted by Crippen LogP contribution is 2.16. The average molecular weight is 200 g/mol. The molecule has 0 aromatic heterocycles. The number of aliphatic carboxylic acids is 1. The minimum absolute atomic E-state index is 0.129. The first kappa shape index (κ1) is 10.5. The third-order valence-electron chi connectivity index (χ3n) is 2.24. The van der Waals surface area contributed by atoms with E-state index in [4.69, 9.17) is 5.11 Å². The van der Waals surface area contributed by atoms with Crippen LogP contribution in [0.4, 0.5) is 0 Å². The van der Waals surface area contributed by atoms with Crippen LogP contribution in [0.1, 0.15) is 13.8 Å². The molecular weight excluding hydrogens is 188 g/mol. The van der Waals surface area contributed by atoms with Crippen LogP contribution in [0, 0.1) is 0 Å². The Hall–Kier alpha value is -1.59. The number of hydrogen-bond acceptors (Lipinski definition) is 3. The number of carboxylic acids is 1. The molecule has 1 fully saturated rings. The number of hydrogen-bond donors (Lipinski definition) is 2. The molecule has 1 aliphatic rings. The molecule has 1 rings (SSSR count). The highest BCUT2D eigenvalue weighted by Gasteiger charge is 2.40. The predicted octanol–water partition coefficient (Wildman–Crippen LogP) is -1.19. The Bertz CT molecular complexity index is 298. The summed E-state index contributed by atoms with van der Waals surface area (Å²) in [5, 5.41) is 11.2. The molecule has 0 unspecified atom stereocenters. The average Bonchev–Trinajstić information content (AvgIpc) is 2.08. The lowest BCUT2D eigenvalue weighted by Crippen LogP contribution is -2.61. The molecule has 1 saturated heterocycles. The minimum Gasteiger partial charge on any atom is -0.480 e. The first-order chi connectivity index (χ1) is 6.35. The molecule has 1 aliphatic heterocycles. The maximum atomic E-state index is 11.3. The second-order valence-electron chi connectivity index (χ2n) is 3.62. The molecule has 14 heavy (non-hydrogen) atoms. The Balaban J connectivity index is 2.89. The molecule has 0 aromatic carbocycles. The first-order valence-corrected chi connectivity index (χ1v) is 4.16. The summed E-state index contributed by atoms with van der Waals surface area (Å²) in [5.41, 5.74) is -1.34. The number of amides is 2. The van der Waals surface area contributed by atoms with E-state index in [1.807, 2.05) is 0 Å². The minimum atomic E-state index is -1.34. The van der Waals surface area contributed by atoms with E-state index in [2.05, 4.69) is 5.32 Å². The Morgan fingerprint density at radius 3 is 2.57 bits per heavy atom. The lowest BCUT2D eigenvalue weighted by Gasteiger charge is -2.37. The molecule has 0 aliphatic carbocycles. The summed E-state index contributed by atoms with van der Waals surface area (Å²) in [6.07, 6.45) is 0. The molecule has 0 saturated carbocycles. The van der Waals surface area contributed by atoms with E-state index in [0.29, 0.717) is 0 Å². The Morgan fingerprint density at radius 2 is 2.07 bits per heavy atom. The summed E-state index contributed by atoms with van der Waals surface area (Å²) < 4.78 is 0. The fourth-order valence-electron chi connectivity index (χ4n) is 1.18. The molecule has 78 valence electrons. The molecule has 0 aromatic rings. The van der Waals surface area contributed by atoms with Crippen molar-refractivity contribution in [1.82, 2.24) is 10.2 Å². The number of piperazine rings is 1. The standard InChI is InChI=1S/C8H12N2O4/c1-8(2,7(13)14)10-4-5(11)9-3-6(10)12/h3-4H2,1-2H3,(H,9,11)(H,13,14). The first-order valence-electron chi connectivity index (χ1n) is 4.16. The van der Waals surface area contributed by atoms with Crippen molar-refractivity contribution >= 4 is 17.8 Å². The van der Waals surface area contributed by atoms with Crippen molar-refractivity contribution in [2.75, 3.05) is 13.1 Å². The van der Waals surface area contributed by atoms with Gasteiger partial charge in [-0.1, -0.05) is 0 Å². The fraction of sp³-hybridized carbons (Fsp3) is 0.625. The number of carboxylic acid groups (broad SMARTS) is 1. The van der Waals surface area contributed by atoms with Gasteiger partial charge in [-0.15, -0.1) is 0 Å². The van der Waals surface area contributed by atoms with E-state index < -0.39 is 11.5 Å². The van der Waals surface area contributed by atoms with Crippen LogP contribution in [0.2, 0.25) is 0 Å². The van der Waals surface area contributed by atoms with Crippen molar-refractivity contribution in [1.29, 1.82) is 0 Å². The van der Waals surface area contributed by atoms with Crippen LogP contribution >= 0.6 is 0 Å². The number of carbonyl (C=O) groups is 3. The lowest BCUT2D eigenvalue weighted by atomic mass is 10.0. The maximum Gasteiger partial charge on any atom is 0.329 e. The van der Waals surface area contributed by atoms with Crippen LogP contribution < -0.4 is 5.32 Å². The van der Waals surface area contributed by atoms with Crippen molar-refractivity contribution in [2.45, 2.75) is 19.4 Å². The van der Waals surface area contributed by atoms with E-state index in [1.165, 1.54) is 13.8 Å². The smallest absolute Gasteiger partial charge is 0.329 e. The van der Waals surface area contributed by atoms with Gasteiger partial charge in [0.2, 0.25) is 11.8 Å². The number of rotatable bonds is 2. The highest BCUT2D eigenvalue weighted by atomic mass is 16.4. The van der Waals surface area contributed by atoms with Gasteiger partial charge in [0.25, 0.3) is 0 Å². The topological polar surface area (TPSA) is 86.7 Å². The van der Waals surface area contributed by atoms with Crippen molar-refractivity contribution in [2.24, 2.45) is 0 Å². The number of carbonyl (C=O) groups excluding carboxylic acids is 2. The second kappa shape index (κ2) is 3.28. The zero-order valence-electron chi connectivity index (χ0n) is 8.03. The summed E-state index contributed by atoms with van der Waals surface area (Å²) >= 11 is 0. The van der Waals surface area contributed by atoms with Gasteiger partial charge in [0.15, 0.2) is 0 Å². The number of nitrogens with one attached hydrogen (secondary N) is 1. The third kappa shape index (κ3) is 1.68. The fourth-order valence-corrected chi connectivity index (χ4v) is 1.18. The molecule has 0 atom stereocenters. The highest BCUT2D eigenvalue weighted by molar-refractivity contribution is 5.96. The molecular formula is C8H12N2O4. The van der Waals surface area contributed by atoms with Crippen molar-refractivity contribution in [3.63, 3.8) is 0 Å². The monoisotopic (exact) mass is 200 g/mol. The largest absolute Gasteiger partial charge is 0.480 e. The van der Waals surface area contributed by atoms with E-state index in [9.17, 15) is 14.4 Å².